The Kier molecular flexibility index (Phi) is 6.84. The lowest BCUT2D eigenvalue weighted by Crippen LogP contribution is -2.52. The van der Waals surface area contributed by atoms with Crippen LogP contribution in [0, 0.1) is 0 Å². The average Bonchev–Trinajstić information content (AvgIpc) is 2.81. The van der Waals surface area contributed by atoms with Crippen LogP contribution >= 0.6 is 11.8 Å². The number of nitrogens with zero attached hydrogens (tertiary/aromatic N) is 2. The fourth-order valence-electron chi connectivity index (χ4n) is 4.11. The molecule has 2 aliphatic rings. The van der Waals surface area contributed by atoms with Crippen molar-refractivity contribution < 1.29 is 14.4 Å². The van der Waals surface area contributed by atoms with Gasteiger partial charge in [-0.05, 0) is 55.0 Å². The van der Waals surface area contributed by atoms with Crippen LogP contribution < -0.4 is 10.2 Å². The molecule has 2 aromatic rings. The highest BCUT2D eigenvalue weighted by Crippen LogP contribution is 2.40. The topological polar surface area (TPSA) is 69.7 Å². The van der Waals surface area contributed by atoms with Gasteiger partial charge in [0.15, 0.2) is 5.25 Å². The fourth-order valence-corrected chi connectivity index (χ4v) is 5.30. The van der Waals surface area contributed by atoms with Gasteiger partial charge in [-0.1, -0.05) is 38.1 Å². The van der Waals surface area contributed by atoms with Gasteiger partial charge >= 0.3 is 0 Å². The Bertz CT molecular complexity index is 1000. The van der Waals surface area contributed by atoms with E-state index in [4.69, 9.17) is 0 Å². The molecule has 0 unspecified atom stereocenters. The van der Waals surface area contributed by atoms with E-state index in [0.717, 1.165) is 24.2 Å². The molecule has 0 bridgehead atoms. The number of hydrogen-bond donors (Lipinski definition) is 1. The number of para-hydroxylation sites is 1. The molecule has 6 nitrogen and oxygen atoms in total. The number of benzene rings is 2. The normalized spacial score (nSPS) is 18.5. The van der Waals surface area contributed by atoms with E-state index in [1.54, 1.807) is 4.90 Å². The van der Waals surface area contributed by atoms with Crippen molar-refractivity contribution in [3.05, 3.63) is 54.1 Å². The van der Waals surface area contributed by atoms with E-state index in [0.29, 0.717) is 30.4 Å². The zero-order chi connectivity index (χ0) is 22.7. The summed E-state index contributed by atoms with van der Waals surface area (Å²) in [5, 5.41) is 2.03. The number of nitrogens with one attached hydrogen (secondary N) is 1. The summed E-state index contributed by atoms with van der Waals surface area (Å²) in [6, 6.07) is 15.2. The van der Waals surface area contributed by atoms with Crippen LogP contribution in [0.4, 0.5) is 11.4 Å². The molecule has 0 spiro atoms. The lowest BCUT2D eigenvalue weighted by Gasteiger charge is -2.36. The van der Waals surface area contributed by atoms with Gasteiger partial charge in [0, 0.05) is 23.7 Å². The molecule has 2 aliphatic heterocycles. The summed E-state index contributed by atoms with van der Waals surface area (Å²) < 4.78 is 0. The van der Waals surface area contributed by atoms with E-state index >= 15 is 0 Å². The SMILES string of the molecule is CC(C)c1ccc(NC(=O)CN2C(=O)[C@@H](C(=O)N3CCCCC3)Sc3ccccc32)cc1. The van der Waals surface area contributed by atoms with Gasteiger partial charge < -0.3 is 15.1 Å². The lowest BCUT2D eigenvalue weighted by molar-refractivity contribution is -0.135. The van der Waals surface area contributed by atoms with Crippen LogP contribution in [0.25, 0.3) is 0 Å². The predicted molar refractivity (Wildman–Crippen MR) is 128 cm³/mol. The third-order valence-corrected chi connectivity index (χ3v) is 7.18. The molecule has 1 saturated heterocycles. The highest BCUT2D eigenvalue weighted by atomic mass is 32.2. The second-order valence-corrected chi connectivity index (χ2v) is 9.75. The van der Waals surface area contributed by atoms with Crippen molar-refractivity contribution in [3.8, 4) is 0 Å². The van der Waals surface area contributed by atoms with Gasteiger partial charge in [-0.15, -0.1) is 11.8 Å². The minimum atomic E-state index is -0.846. The minimum absolute atomic E-state index is 0.133. The molecule has 2 aromatic carbocycles. The van der Waals surface area contributed by atoms with E-state index in [9.17, 15) is 14.4 Å². The molecule has 168 valence electrons. The van der Waals surface area contributed by atoms with Crippen molar-refractivity contribution in [2.24, 2.45) is 0 Å². The molecule has 1 atom stereocenters. The van der Waals surface area contributed by atoms with Crippen molar-refractivity contribution in [2.45, 2.75) is 49.2 Å². The largest absolute Gasteiger partial charge is 0.341 e. The van der Waals surface area contributed by atoms with Crippen molar-refractivity contribution in [1.82, 2.24) is 4.90 Å². The lowest BCUT2D eigenvalue weighted by atomic mass is 10.0. The van der Waals surface area contributed by atoms with Crippen LogP contribution in [-0.4, -0.2) is 47.5 Å². The standard InChI is InChI=1S/C25H29N3O3S/c1-17(2)18-10-12-19(13-11-18)26-22(29)16-28-20-8-4-5-9-21(20)32-23(25(28)31)24(30)27-14-6-3-7-15-27/h4-5,8-13,17,23H,3,6-7,14-16H2,1-2H3,(H,26,29)/t23-/m1/s1. The Morgan fingerprint density at radius 2 is 1.72 bits per heavy atom. The van der Waals surface area contributed by atoms with Gasteiger partial charge in [-0.25, -0.2) is 0 Å². The Morgan fingerprint density at radius 1 is 1.03 bits per heavy atom. The summed E-state index contributed by atoms with van der Waals surface area (Å²) in [5.41, 5.74) is 2.56. The first-order valence-electron chi connectivity index (χ1n) is 11.2. The van der Waals surface area contributed by atoms with E-state index in [1.807, 2.05) is 48.5 Å². The number of carbonyl (C=O) groups is 3. The molecular weight excluding hydrogens is 422 g/mol. The van der Waals surface area contributed by atoms with Crippen LogP contribution in [0.5, 0.6) is 0 Å². The summed E-state index contributed by atoms with van der Waals surface area (Å²) in [6.07, 6.45) is 3.05. The van der Waals surface area contributed by atoms with Crippen molar-refractivity contribution in [2.75, 3.05) is 29.9 Å². The van der Waals surface area contributed by atoms with Gasteiger partial charge in [0.25, 0.3) is 5.91 Å². The average molecular weight is 452 g/mol. The van der Waals surface area contributed by atoms with Crippen LogP contribution in [-0.2, 0) is 14.4 Å². The monoisotopic (exact) mass is 451 g/mol. The second kappa shape index (κ2) is 9.77. The molecule has 7 heteroatoms. The Balaban J connectivity index is 1.51. The number of rotatable bonds is 5. The van der Waals surface area contributed by atoms with Gasteiger partial charge in [0.05, 0.1) is 5.69 Å². The molecule has 2 heterocycles. The summed E-state index contributed by atoms with van der Waals surface area (Å²) in [5.74, 6) is -0.353. The molecule has 0 saturated carbocycles. The van der Waals surface area contributed by atoms with E-state index in [1.165, 1.54) is 22.2 Å². The maximum atomic E-state index is 13.4. The molecule has 1 fully saturated rings. The number of anilines is 2. The smallest absolute Gasteiger partial charge is 0.250 e. The van der Waals surface area contributed by atoms with E-state index in [2.05, 4.69) is 19.2 Å². The summed E-state index contributed by atoms with van der Waals surface area (Å²) in [4.78, 5) is 43.4. The number of fused-ring (bicyclic) bond motifs is 1. The quantitative estimate of drug-likeness (QED) is 0.690. The number of piperidine rings is 1. The highest BCUT2D eigenvalue weighted by molar-refractivity contribution is 8.01. The van der Waals surface area contributed by atoms with Crippen molar-refractivity contribution in [3.63, 3.8) is 0 Å². The maximum absolute atomic E-state index is 13.4. The van der Waals surface area contributed by atoms with Gasteiger partial charge in [-0.2, -0.15) is 0 Å². The Hall–Kier alpha value is -2.80. The third kappa shape index (κ3) is 4.83. The summed E-state index contributed by atoms with van der Waals surface area (Å²) in [6.45, 7) is 5.49. The van der Waals surface area contributed by atoms with Crippen molar-refractivity contribution >= 4 is 40.9 Å². The van der Waals surface area contributed by atoms with Gasteiger partial charge in [0.1, 0.15) is 6.54 Å². The van der Waals surface area contributed by atoms with Crippen LogP contribution in [0.15, 0.2) is 53.4 Å². The maximum Gasteiger partial charge on any atom is 0.250 e. The number of amides is 3. The van der Waals surface area contributed by atoms with Crippen LogP contribution in [0.1, 0.15) is 44.6 Å². The predicted octanol–water partition coefficient (Wildman–Crippen LogP) is 4.27. The molecule has 3 amide bonds. The molecule has 1 N–H and O–H groups in total. The fraction of sp³-hybridized carbons (Fsp3) is 0.400. The first kappa shape index (κ1) is 22.4. The van der Waals surface area contributed by atoms with Crippen LogP contribution in [0.3, 0.4) is 0 Å². The van der Waals surface area contributed by atoms with Crippen molar-refractivity contribution in [1.29, 1.82) is 0 Å². The van der Waals surface area contributed by atoms with Gasteiger partial charge in [0.2, 0.25) is 11.8 Å². The zero-order valence-electron chi connectivity index (χ0n) is 18.5. The Labute approximate surface area is 193 Å². The number of likely N-dealkylation sites (tertiary alicyclic amines) is 1. The molecule has 4 rings (SSSR count). The number of hydrogen-bond acceptors (Lipinski definition) is 4. The molecule has 0 aromatic heterocycles. The molecule has 0 radical (unpaired) electrons. The first-order chi connectivity index (χ1) is 15.4. The minimum Gasteiger partial charge on any atom is -0.341 e. The molecule has 32 heavy (non-hydrogen) atoms. The van der Waals surface area contributed by atoms with E-state index in [-0.39, 0.29) is 24.3 Å². The highest BCUT2D eigenvalue weighted by Gasteiger charge is 2.40. The second-order valence-electron chi connectivity index (χ2n) is 8.60. The van der Waals surface area contributed by atoms with Crippen LogP contribution in [0.2, 0.25) is 0 Å². The zero-order valence-corrected chi connectivity index (χ0v) is 19.4. The molecule has 0 aliphatic carbocycles. The Morgan fingerprint density at radius 3 is 2.41 bits per heavy atom. The summed E-state index contributed by atoms with van der Waals surface area (Å²) >= 11 is 1.29. The third-order valence-electron chi connectivity index (χ3n) is 5.95. The van der Waals surface area contributed by atoms with Gasteiger partial charge in [-0.3, -0.25) is 14.4 Å². The first-order valence-corrected chi connectivity index (χ1v) is 12.1. The number of thioether (sulfide) groups is 1. The molecular formula is C25H29N3O3S. The van der Waals surface area contributed by atoms with E-state index < -0.39 is 5.25 Å². The number of carbonyl (C=O) groups excluding carboxylic acids is 3. The summed E-state index contributed by atoms with van der Waals surface area (Å²) in [7, 11) is 0.